The van der Waals surface area contributed by atoms with Crippen molar-refractivity contribution in [1.82, 2.24) is 20.1 Å². The van der Waals surface area contributed by atoms with Crippen LogP contribution in [0.4, 0.5) is 16.3 Å². The third kappa shape index (κ3) is 3.33. The van der Waals surface area contributed by atoms with Gasteiger partial charge in [-0.1, -0.05) is 12.1 Å². The number of pyridine rings is 1. The van der Waals surface area contributed by atoms with Crippen molar-refractivity contribution in [2.24, 2.45) is 7.05 Å². The van der Waals surface area contributed by atoms with Gasteiger partial charge in [0.05, 0.1) is 17.4 Å². The predicted molar refractivity (Wildman–Crippen MR) is 102 cm³/mol. The highest BCUT2D eigenvalue weighted by atomic mass is 16.2. The zero-order valence-electron chi connectivity index (χ0n) is 14.7. The average molecular weight is 350 g/mol. The molecule has 0 aliphatic carbocycles. The highest BCUT2D eigenvalue weighted by molar-refractivity contribution is 6.00. The molecule has 0 radical (unpaired) electrons. The minimum Gasteiger partial charge on any atom is -0.370 e. The summed E-state index contributed by atoms with van der Waals surface area (Å²) in [4.78, 5) is 16.8. The Bertz CT molecular complexity index is 948. The lowest BCUT2D eigenvalue weighted by Gasteiger charge is -2.17. The van der Waals surface area contributed by atoms with Crippen LogP contribution in [0.1, 0.15) is 17.7 Å². The standard InChI is InChI=1S/C19H22N6O/c1-25-17-6-2-5-16(15(17)12-22-25)24-19(26)21-11-9-14-8-7-13-4-3-10-20-18(13)23-14/h2,5-8,12H,3-4,9-11H2,1H3,(H,20,23)(H2,21,24,26). The number of amides is 2. The second-order valence-corrected chi connectivity index (χ2v) is 6.48. The number of aromatic nitrogens is 3. The van der Waals surface area contributed by atoms with Crippen LogP contribution in [-0.4, -0.2) is 33.9 Å². The van der Waals surface area contributed by atoms with Gasteiger partial charge in [-0.15, -0.1) is 0 Å². The highest BCUT2D eigenvalue weighted by Gasteiger charge is 2.11. The number of hydrogen-bond donors (Lipinski definition) is 3. The summed E-state index contributed by atoms with van der Waals surface area (Å²) < 4.78 is 1.79. The van der Waals surface area contributed by atoms with E-state index in [1.54, 1.807) is 10.9 Å². The van der Waals surface area contributed by atoms with Crippen LogP contribution in [0.15, 0.2) is 36.5 Å². The van der Waals surface area contributed by atoms with Crippen LogP contribution in [-0.2, 0) is 19.9 Å². The number of carbonyl (C=O) groups excluding carboxylic acids is 1. The first-order chi connectivity index (χ1) is 12.7. The molecule has 1 aromatic carbocycles. The number of urea groups is 1. The SMILES string of the molecule is Cn1ncc2c(NC(=O)NCCc3ccc4c(n3)NCCC4)cccc21. The van der Waals surface area contributed by atoms with E-state index in [2.05, 4.69) is 32.1 Å². The first kappa shape index (κ1) is 16.4. The summed E-state index contributed by atoms with van der Waals surface area (Å²) in [6.07, 6.45) is 4.68. The number of hydrogen-bond acceptors (Lipinski definition) is 4. The summed E-state index contributed by atoms with van der Waals surface area (Å²) in [5.74, 6) is 0.987. The van der Waals surface area contributed by atoms with E-state index in [0.29, 0.717) is 13.0 Å². The molecule has 3 heterocycles. The third-order valence-corrected chi connectivity index (χ3v) is 4.66. The first-order valence-electron chi connectivity index (χ1n) is 8.89. The molecule has 0 spiro atoms. The van der Waals surface area contributed by atoms with Crippen LogP contribution in [0.2, 0.25) is 0 Å². The van der Waals surface area contributed by atoms with E-state index in [4.69, 9.17) is 0 Å². The number of rotatable bonds is 4. The summed E-state index contributed by atoms with van der Waals surface area (Å²) in [5, 5.41) is 14.3. The number of fused-ring (bicyclic) bond motifs is 2. The molecule has 0 saturated carbocycles. The fourth-order valence-corrected chi connectivity index (χ4v) is 3.27. The highest BCUT2D eigenvalue weighted by Crippen LogP contribution is 2.22. The lowest BCUT2D eigenvalue weighted by Crippen LogP contribution is -2.30. The number of nitrogens with zero attached hydrogens (tertiary/aromatic N) is 3. The number of aryl methyl sites for hydroxylation is 2. The molecule has 0 fully saturated rings. The van der Waals surface area contributed by atoms with Crippen molar-refractivity contribution in [2.75, 3.05) is 23.7 Å². The maximum absolute atomic E-state index is 12.2. The van der Waals surface area contributed by atoms with E-state index in [9.17, 15) is 4.79 Å². The second kappa shape index (κ2) is 7.03. The molecule has 2 aromatic heterocycles. The van der Waals surface area contributed by atoms with Crippen LogP contribution in [0.25, 0.3) is 10.9 Å². The van der Waals surface area contributed by atoms with Gasteiger partial charge in [-0.2, -0.15) is 5.10 Å². The quantitative estimate of drug-likeness (QED) is 0.675. The molecular weight excluding hydrogens is 328 g/mol. The Kier molecular flexibility index (Phi) is 4.43. The molecule has 2 amide bonds. The van der Waals surface area contributed by atoms with Gasteiger partial charge in [-0.3, -0.25) is 4.68 Å². The van der Waals surface area contributed by atoms with E-state index in [1.165, 1.54) is 5.56 Å². The monoisotopic (exact) mass is 350 g/mol. The molecule has 0 unspecified atom stereocenters. The summed E-state index contributed by atoms with van der Waals surface area (Å²) in [6, 6.07) is 9.71. The topological polar surface area (TPSA) is 83.9 Å². The van der Waals surface area contributed by atoms with Crippen LogP contribution in [0, 0.1) is 0 Å². The van der Waals surface area contributed by atoms with Crippen molar-refractivity contribution < 1.29 is 4.79 Å². The summed E-state index contributed by atoms with van der Waals surface area (Å²) >= 11 is 0. The van der Waals surface area contributed by atoms with Gasteiger partial charge in [0.15, 0.2) is 0 Å². The normalized spacial score (nSPS) is 13.1. The van der Waals surface area contributed by atoms with Crippen molar-refractivity contribution >= 4 is 28.4 Å². The number of carbonyl (C=O) groups is 1. The van der Waals surface area contributed by atoms with Gasteiger partial charge < -0.3 is 16.0 Å². The molecule has 7 nitrogen and oxygen atoms in total. The Labute approximate surface area is 151 Å². The number of anilines is 2. The van der Waals surface area contributed by atoms with Gasteiger partial charge in [0.2, 0.25) is 0 Å². The van der Waals surface area contributed by atoms with Gasteiger partial charge in [-0.05, 0) is 36.6 Å². The van der Waals surface area contributed by atoms with Crippen LogP contribution in [0.3, 0.4) is 0 Å². The lowest BCUT2D eigenvalue weighted by molar-refractivity contribution is 0.252. The van der Waals surface area contributed by atoms with Crippen LogP contribution in [0.5, 0.6) is 0 Å². The van der Waals surface area contributed by atoms with Gasteiger partial charge >= 0.3 is 6.03 Å². The molecule has 134 valence electrons. The number of nitrogens with one attached hydrogen (secondary N) is 3. The van der Waals surface area contributed by atoms with Gasteiger partial charge in [0.25, 0.3) is 0 Å². The van der Waals surface area contributed by atoms with Crippen LogP contribution >= 0.6 is 0 Å². The smallest absolute Gasteiger partial charge is 0.319 e. The molecule has 4 rings (SSSR count). The summed E-state index contributed by atoms with van der Waals surface area (Å²) in [5.41, 5.74) is 3.99. The molecule has 7 heteroatoms. The molecule has 3 N–H and O–H groups in total. The van der Waals surface area contributed by atoms with E-state index in [-0.39, 0.29) is 6.03 Å². The molecule has 3 aromatic rings. The van der Waals surface area contributed by atoms with Crippen molar-refractivity contribution in [3.63, 3.8) is 0 Å². The van der Waals surface area contributed by atoms with E-state index < -0.39 is 0 Å². The minimum atomic E-state index is -0.225. The molecule has 26 heavy (non-hydrogen) atoms. The summed E-state index contributed by atoms with van der Waals surface area (Å²) in [7, 11) is 1.88. The van der Waals surface area contributed by atoms with Gasteiger partial charge in [0, 0.05) is 37.6 Å². The Hall–Kier alpha value is -3.09. The van der Waals surface area contributed by atoms with Crippen LogP contribution < -0.4 is 16.0 Å². The minimum absolute atomic E-state index is 0.225. The Morgan fingerprint density at radius 2 is 2.23 bits per heavy atom. The molecule has 0 saturated heterocycles. The zero-order chi connectivity index (χ0) is 17.9. The molecule has 0 bridgehead atoms. The van der Waals surface area contributed by atoms with Crippen molar-refractivity contribution in [3.8, 4) is 0 Å². The Morgan fingerprint density at radius 3 is 3.15 bits per heavy atom. The fraction of sp³-hybridized carbons (Fsp3) is 0.316. The maximum Gasteiger partial charge on any atom is 0.319 e. The van der Waals surface area contributed by atoms with E-state index >= 15 is 0 Å². The zero-order valence-corrected chi connectivity index (χ0v) is 14.7. The number of benzene rings is 1. The van der Waals surface area contributed by atoms with Crippen molar-refractivity contribution in [3.05, 3.63) is 47.8 Å². The lowest BCUT2D eigenvalue weighted by atomic mass is 10.1. The Morgan fingerprint density at radius 1 is 1.31 bits per heavy atom. The average Bonchev–Trinajstić information content (AvgIpc) is 3.04. The van der Waals surface area contributed by atoms with Crippen molar-refractivity contribution in [2.45, 2.75) is 19.3 Å². The Balaban J connectivity index is 1.34. The molecule has 1 aliphatic rings. The third-order valence-electron chi connectivity index (χ3n) is 4.66. The first-order valence-corrected chi connectivity index (χ1v) is 8.89. The predicted octanol–water partition coefficient (Wildman–Crippen LogP) is 2.69. The van der Waals surface area contributed by atoms with Gasteiger partial charge in [0.1, 0.15) is 5.82 Å². The van der Waals surface area contributed by atoms with E-state index in [0.717, 1.165) is 47.5 Å². The fourth-order valence-electron chi connectivity index (χ4n) is 3.27. The van der Waals surface area contributed by atoms with E-state index in [1.807, 2.05) is 31.3 Å². The van der Waals surface area contributed by atoms with Crippen molar-refractivity contribution in [1.29, 1.82) is 0 Å². The second-order valence-electron chi connectivity index (χ2n) is 6.48. The largest absolute Gasteiger partial charge is 0.370 e. The summed E-state index contributed by atoms with van der Waals surface area (Å²) in [6.45, 7) is 1.50. The van der Waals surface area contributed by atoms with Gasteiger partial charge in [-0.25, -0.2) is 9.78 Å². The molecule has 1 aliphatic heterocycles. The molecule has 0 atom stereocenters. The maximum atomic E-state index is 12.2. The molecular formula is C19H22N6O.